The van der Waals surface area contributed by atoms with Crippen molar-refractivity contribution < 1.29 is 14.8 Å². The Balaban J connectivity index is 3.54. The summed E-state index contributed by atoms with van der Waals surface area (Å²) in [5.74, 6) is -0.474. The number of nitrogens with zero attached hydrogens (tertiary/aromatic N) is 1. The maximum absolute atomic E-state index is 10.7. The van der Waals surface area contributed by atoms with Gasteiger partial charge >= 0.3 is 0 Å². The molecule has 0 aromatic heterocycles. The molecule has 1 N–H and O–H groups in total. The van der Waals surface area contributed by atoms with Crippen LogP contribution in [0, 0.1) is 5.92 Å². The lowest BCUT2D eigenvalue weighted by molar-refractivity contribution is -0.159. The molecule has 11 heavy (non-hydrogen) atoms. The van der Waals surface area contributed by atoms with E-state index in [2.05, 4.69) is 0 Å². The third-order valence-electron chi connectivity index (χ3n) is 1.41. The lowest BCUT2D eigenvalue weighted by Gasteiger charge is -2.08. The highest BCUT2D eigenvalue weighted by Gasteiger charge is 2.07. The van der Waals surface area contributed by atoms with E-state index < -0.39 is 0 Å². The summed E-state index contributed by atoms with van der Waals surface area (Å²) < 4.78 is 0. The largest absolute Gasteiger partial charge is 0.303 e. The van der Waals surface area contributed by atoms with Gasteiger partial charge in [0.15, 0.2) is 0 Å². The number of hydroxylamine groups is 2. The molecule has 0 saturated heterocycles. The van der Waals surface area contributed by atoms with Crippen LogP contribution in [0.2, 0.25) is 0 Å². The second kappa shape index (κ2) is 4.85. The highest BCUT2D eigenvalue weighted by Crippen LogP contribution is 2.02. The zero-order valence-electron chi connectivity index (χ0n) is 6.78. The minimum absolute atomic E-state index is 0.112. The monoisotopic (exact) mass is 159 g/mol. The van der Waals surface area contributed by atoms with Crippen molar-refractivity contribution in [2.45, 2.75) is 19.8 Å². The van der Waals surface area contributed by atoms with Crippen LogP contribution in [0.15, 0.2) is 0 Å². The summed E-state index contributed by atoms with van der Waals surface area (Å²) in [6, 6.07) is 0. The van der Waals surface area contributed by atoms with Crippen LogP contribution in [-0.2, 0) is 9.59 Å². The minimum Gasteiger partial charge on any atom is -0.303 e. The molecule has 0 rings (SSSR count). The van der Waals surface area contributed by atoms with Gasteiger partial charge in [-0.15, -0.1) is 0 Å². The fraction of sp³-hybridized carbons (Fsp3) is 0.714. The van der Waals surface area contributed by atoms with E-state index in [0.29, 0.717) is 11.5 Å². The first-order valence-corrected chi connectivity index (χ1v) is 3.48. The molecule has 0 aliphatic carbocycles. The molecular formula is C7H13NO3. The van der Waals surface area contributed by atoms with Gasteiger partial charge in [0.1, 0.15) is 6.29 Å². The van der Waals surface area contributed by atoms with Gasteiger partial charge in [-0.2, -0.15) is 0 Å². The second-order valence-electron chi connectivity index (χ2n) is 2.57. The summed E-state index contributed by atoms with van der Waals surface area (Å²) in [7, 11) is 1.27. The van der Waals surface area contributed by atoms with Crippen LogP contribution in [0.25, 0.3) is 0 Å². The van der Waals surface area contributed by atoms with E-state index in [1.807, 2.05) is 0 Å². The lowest BCUT2D eigenvalue weighted by Crippen LogP contribution is -2.22. The number of hydrogen-bond donors (Lipinski definition) is 1. The molecule has 0 aromatic rings. The molecule has 0 spiro atoms. The Morgan fingerprint density at radius 3 is 2.64 bits per heavy atom. The molecule has 0 fully saturated rings. The fourth-order valence-corrected chi connectivity index (χ4v) is 0.581. The highest BCUT2D eigenvalue weighted by molar-refractivity contribution is 5.74. The van der Waals surface area contributed by atoms with Crippen molar-refractivity contribution in [2.24, 2.45) is 5.92 Å². The van der Waals surface area contributed by atoms with Crippen molar-refractivity contribution in [1.82, 2.24) is 5.06 Å². The topological polar surface area (TPSA) is 57.6 Å². The Morgan fingerprint density at radius 2 is 2.27 bits per heavy atom. The lowest BCUT2D eigenvalue weighted by atomic mass is 10.1. The van der Waals surface area contributed by atoms with Crippen molar-refractivity contribution in [2.75, 3.05) is 7.05 Å². The highest BCUT2D eigenvalue weighted by atomic mass is 16.5. The molecule has 64 valence electrons. The van der Waals surface area contributed by atoms with Crippen LogP contribution in [0.4, 0.5) is 0 Å². The Kier molecular flexibility index (Phi) is 4.45. The second-order valence-corrected chi connectivity index (χ2v) is 2.57. The third-order valence-corrected chi connectivity index (χ3v) is 1.41. The average Bonchev–Trinajstić information content (AvgIpc) is 1.99. The SMILES string of the molecule is CC(C=O)CCC(=O)N(C)O. The smallest absolute Gasteiger partial charge is 0.245 e. The summed E-state index contributed by atoms with van der Waals surface area (Å²) in [6.45, 7) is 1.73. The zero-order chi connectivity index (χ0) is 8.85. The van der Waals surface area contributed by atoms with Crippen LogP contribution >= 0.6 is 0 Å². The Bertz CT molecular complexity index is 145. The van der Waals surface area contributed by atoms with Crippen LogP contribution in [0.5, 0.6) is 0 Å². The fourth-order valence-electron chi connectivity index (χ4n) is 0.581. The Labute approximate surface area is 65.8 Å². The van der Waals surface area contributed by atoms with E-state index in [4.69, 9.17) is 5.21 Å². The van der Waals surface area contributed by atoms with Crippen molar-refractivity contribution >= 4 is 12.2 Å². The number of hydrogen-bond acceptors (Lipinski definition) is 3. The van der Waals surface area contributed by atoms with Gasteiger partial charge in [-0.1, -0.05) is 6.92 Å². The first kappa shape index (κ1) is 10.1. The number of amides is 1. The third kappa shape index (κ3) is 4.50. The van der Waals surface area contributed by atoms with E-state index in [0.717, 1.165) is 6.29 Å². The van der Waals surface area contributed by atoms with Crippen molar-refractivity contribution in [3.8, 4) is 0 Å². The van der Waals surface area contributed by atoms with Crippen molar-refractivity contribution in [3.63, 3.8) is 0 Å². The maximum atomic E-state index is 10.7. The normalized spacial score (nSPS) is 12.3. The summed E-state index contributed by atoms with van der Waals surface area (Å²) in [6.07, 6.45) is 1.50. The van der Waals surface area contributed by atoms with Crippen LogP contribution in [-0.4, -0.2) is 29.5 Å². The zero-order valence-corrected chi connectivity index (χ0v) is 6.78. The summed E-state index contributed by atoms with van der Waals surface area (Å²) in [5, 5.41) is 9.14. The van der Waals surface area contributed by atoms with E-state index in [1.54, 1.807) is 6.92 Å². The Morgan fingerprint density at radius 1 is 1.73 bits per heavy atom. The number of aldehydes is 1. The summed E-state index contributed by atoms with van der Waals surface area (Å²) in [5.41, 5.74) is 0. The number of rotatable bonds is 4. The van der Waals surface area contributed by atoms with Gasteiger partial charge in [-0.05, 0) is 6.42 Å². The number of carbonyl (C=O) groups is 2. The molecule has 4 heteroatoms. The summed E-state index contributed by atoms with van der Waals surface area (Å²) >= 11 is 0. The quantitative estimate of drug-likeness (QED) is 0.368. The van der Waals surface area contributed by atoms with Crippen molar-refractivity contribution in [1.29, 1.82) is 0 Å². The van der Waals surface area contributed by atoms with Gasteiger partial charge in [0.2, 0.25) is 5.91 Å². The van der Waals surface area contributed by atoms with Crippen LogP contribution in [0.1, 0.15) is 19.8 Å². The van der Waals surface area contributed by atoms with Crippen molar-refractivity contribution in [3.05, 3.63) is 0 Å². The first-order valence-electron chi connectivity index (χ1n) is 3.48. The molecule has 4 nitrogen and oxygen atoms in total. The summed E-state index contributed by atoms with van der Waals surface area (Å²) in [4.78, 5) is 20.8. The van der Waals surface area contributed by atoms with Crippen LogP contribution < -0.4 is 0 Å². The molecule has 1 atom stereocenters. The van der Waals surface area contributed by atoms with Gasteiger partial charge in [0.05, 0.1) is 0 Å². The number of carbonyl (C=O) groups excluding carboxylic acids is 2. The van der Waals surface area contributed by atoms with Gasteiger partial charge in [0, 0.05) is 19.4 Å². The van der Waals surface area contributed by atoms with E-state index in [1.165, 1.54) is 7.05 Å². The standard InChI is InChI=1S/C7H13NO3/c1-6(5-9)3-4-7(10)8(2)11/h5-6,11H,3-4H2,1-2H3. The maximum Gasteiger partial charge on any atom is 0.245 e. The molecular weight excluding hydrogens is 146 g/mol. The molecule has 0 radical (unpaired) electrons. The predicted octanol–water partition coefficient (Wildman–Crippen LogP) is 0.449. The van der Waals surface area contributed by atoms with E-state index in [-0.39, 0.29) is 18.2 Å². The molecule has 1 unspecified atom stereocenters. The molecule has 1 amide bonds. The first-order chi connectivity index (χ1) is 5.07. The molecule has 0 heterocycles. The average molecular weight is 159 g/mol. The molecule has 0 aliphatic heterocycles. The van der Waals surface area contributed by atoms with Crippen LogP contribution in [0.3, 0.4) is 0 Å². The Hall–Kier alpha value is -0.900. The molecule has 0 bridgehead atoms. The van der Waals surface area contributed by atoms with Gasteiger partial charge in [-0.25, -0.2) is 5.06 Å². The van der Waals surface area contributed by atoms with E-state index >= 15 is 0 Å². The van der Waals surface area contributed by atoms with E-state index in [9.17, 15) is 9.59 Å². The molecule has 0 saturated carbocycles. The molecule has 0 aliphatic rings. The minimum atomic E-state index is -0.362. The van der Waals surface area contributed by atoms with Gasteiger partial charge < -0.3 is 4.79 Å². The van der Waals surface area contributed by atoms with Gasteiger partial charge in [-0.3, -0.25) is 10.0 Å². The molecule has 0 aromatic carbocycles. The van der Waals surface area contributed by atoms with Gasteiger partial charge in [0.25, 0.3) is 0 Å². The predicted molar refractivity (Wildman–Crippen MR) is 39.0 cm³/mol.